The molecule has 0 saturated heterocycles. The SMILES string of the molecule is CCOC(=O)c1c(C)noc1C1CC1. The van der Waals surface area contributed by atoms with Gasteiger partial charge in [-0.2, -0.15) is 0 Å². The average Bonchev–Trinajstić information content (AvgIpc) is 2.90. The second kappa shape index (κ2) is 3.44. The van der Waals surface area contributed by atoms with Gasteiger partial charge in [0.15, 0.2) is 5.76 Å². The van der Waals surface area contributed by atoms with Gasteiger partial charge in [0.05, 0.1) is 12.3 Å². The van der Waals surface area contributed by atoms with Crippen LogP contribution in [-0.2, 0) is 4.74 Å². The van der Waals surface area contributed by atoms with Crippen LogP contribution in [-0.4, -0.2) is 17.7 Å². The predicted octanol–water partition coefficient (Wildman–Crippen LogP) is 2.04. The van der Waals surface area contributed by atoms with Gasteiger partial charge in [0.25, 0.3) is 0 Å². The van der Waals surface area contributed by atoms with Crippen LogP contribution in [0.3, 0.4) is 0 Å². The average molecular weight is 195 g/mol. The van der Waals surface area contributed by atoms with E-state index in [1.54, 1.807) is 13.8 Å². The maximum atomic E-state index is 11.6. The third-order valence-corrected chi connectivity index (χ3v) is 2.32. The number of aryl methyl sites for hydroxylation is 1. The lowest BCUT2D eigenvalue weighted by Gasteiger charge is -2.00. The summed E-state index contributed by atoms with van der Waals surface area (Å²) in [5.74, 6) is 0.782. The van der Waals surface area contributed by atoms with Crippen LogP contribution in [0.15, 0.2) is 4.52 Å². The molecule has 0 aromatic carbocycles. The molecular formula is C10H13NO3. The number of carbonyl (C=O) groups excluding carboxylic acids is 1. The van der Waals surface area contributed by atoms with Crippen molar-refractivity contribution in [3.8, 4) is 0 Å². The fraction of sp³-hybridized carbons (Fsp3) is 0.600. The Morgan fingerprint density at radius 3 is 2.93 bits per heavy atom. The van der Waals surface area contributed by atoms with Gasteiger partial charge in [-0.3, -0.25) is 0 Å². The molecule has 0 N–H and O–H groups in total. The van der Waals surface area contributed by atoms with Gasteiger partial charge in [0, 0.05) is 5.92 Å². The second-order valence-corrected chi connectivity index (χ2v) is 3.50. The normalized spacial score (nSPS) is 15.6. The summed E-state index contributed by atoms with van der Waals surface area (Å²) >= 11 is 0. The van der Waals surface area contributed by atoms with E-state index in [1.165, 1.54) is 0 Å². The lowest BCUT2D eigenvalue weighted by Crippen LogP contribution is -2.07. The number of hydrogen-bond donors (Lipinski definition) is 0. The standard InChI is InChI=1S/C10H13NO3/c1-3-13-10(12)8-6(2)11-14-9(8)7-4-5-7/h7H,3-5H2,1-2H3. The molecule has 1 saturated carbocycles. The third kappa shape index (κ3) is 1.52. The summed E-state index contributed by atoms with van der Waals surface area (Å²) in [6, 6.07) is 0. The van der Waals surface area contributed by atoms with Crippen LogP contribution >= 0.6 is 0 Å². The minimum atomic E-state index is -0.312. The summed E-state index contributed by atoms with van der Waals surface area (Å²) in [6.07, 6.45) is 2.17. The second-order valence-electron chi connectivity index (χ2n) is 3.50. The van der Waals surface area contributed by atoms with Crippen molar-refractivity contribution in [2.24, 2.45) is 0 Å². The molecule has 2 rings (SSSR count). The highest BCUT2D eigenvalue weighted by molar-refractivity contribution is 5.91. The Morgan fingerprint density at radius 1 is 1.64 bits per heavy atom. The van der Waals surface area contributed by atoms with E-state index in [2.05, 4.69) is 5.16 Å². The molecule has 0 unspecified atom stereocenters. The quantitative estimate of drug-likeness (QED) is 0.692. The van der Waals surface area contributed by atoms with Crippen LogP contribution in [0.25, 0.3) is 0 Å². The molecule has 0 amide bonds. The highest BCUT2D eigenvalue weighted by atomic mass is 16.5. The van der Waals surface area contributed by atoms with E-state index >= 15 is 0 Å². The highest BCUT2D eigenvalue weighted by Crippen LogP contribution is 2.42. The van der Waals surface area contributed by atoms with Crippen LogP contribution in [0.2, 0.25) is 0 Å². The van der Waals surface area contributed by atoms with Gasteiger partial charge < -0.3 is 9.26 Å². The molecule has 0 spiro atoms. The molecule has 1 aromatic rings. The molecule has 1 aliphatic rings. The molecule has 76 valence electrons. The first-order valence-electron chi connectivity index (χ1n) is 4.87. The Bertz CT molecular complexity index is 352. The first-order chi connectivity index (χ1) is 6.74. The van der Waals surface area contributed by atoms with E-state index in [0.717, 1.165) is 12.8 Å². The maximum Gasteiger partial charge on any atom is 0.343 e. The number of carbonyl (C=O) groups is 1. The molecule has 0 bridgehead atoms. The molecule has 0 aliphatic heterocycles. The predicted molar refractivity (Wildman–Crippen MR) is 49.2 cm³/mol. The Balaban J connectivity index is 2.29. The maximum absolute atomic E-state index is 11.6. The number of rotatable bonds is 3. The zero-order valence-corrected chi connectivity index (χ0v) is 8.37. The van der Waals surface area contributed by atoms with Crippen LogP contribution in [0.5, 0.6) is 0 Å². The van der Waals surface area contributed by atoms with Crippen LogP contribution in [0.1, 0.15) is 47.5 Å². The van der Waals surface area contributed by atoms with E-state index in [9.17, 15) is 4.79 Å². The largest absolute Gasteiger partial charge is 0.462 e. The Kier molecular flexibility index (Phi) is 2.27. The monoisotopic (exact) mass is 195 g/mol. The minimum Gasteiger partial charge on any atom is -0.462 e. The summed E-state index contributed by atoms with van der Waals surface area (Å²) in [5, 5.41) is 3.81. The summed E-state index contributed by atoms with van der Waals surface area (Å²) in [4.78, 5) is 11.6. The molecule has 1 aliphatic carbocycles. The van der Waals surface area contributed by atoms with Crippen molar-refractivity contribution in [2.45, 2.75) is 32.6 Å². The van der Waals surface area contributed by atoms with Crippen molar-refractivity contribution >= 4 is 5.97 Å². The molecule has 1 fully saturated rings. The fourth-order valence-corrected chi connectivity index (χ4v) is 1.46. The van der Waals surface area contributed by atoms with Gasteiger partial charge in [-0.15, -0.1) is 0 Å². The van der Waals surface area contributed by atoms with E-state index in [-0.39, 0.29) is 5.97 Å². The molecule has 4 nitrogen and oxygen atoms in total. The third-order valence-electron chi connectivity index (χ3n) is 2.32. The molecule has 1 heterocycles. The van der Waals surface area contributed by atoms with Crippen molar-refractivity contribution in [1.29, 1.82) is 0 Å². The van der Waals surface area contributed by atoms with Gasteiger partial charge in [0.1, 0.15) is 5.56 Å². The Morgan fingerprint density at radius 2 is 2.36 bits per heavy atom. The summed E-state index contributed by atoms with van der Waals surface area (Å²) in [6.45, 7) is 3.94. The van der Waals surface area contributed by atoms with E-state index < -0.39 is 0 Å². The zero-order chi connectivity index (χ0) is 10.1. The molecule has 0 atom stereocenters. The van der Waals surface area contributed by atoms with Gasteiger partial charge in [0.2, 0.25) is 0 Å². The van der Waals surface area contributed by atoms with Crippen LogP contribution in [0, 0.1) is 6.92 Å². The summed E-state index contributed by atoms with van der Waals surface area (Å²) < 4.78 is 10.1. The minimum absolute atomic E-state index is 0.312. The van der Waals surface area contributed by atoms with Gasteiger partial charge in [-0.25, -0.2) is 4.79 Å². The van der Waals surface area contributed by atoms with E-state index in [4.69, 9.17) is 9.26 Å². The van der Waals surface area contributed by atoms with E-state index in [1.807, 2.05) is 0 Å². The molecule has 4 heteroatoms. The highest BCUT2D eigenvalue weighted by Gasteiger charge is 2.34. The first kappa shape index (κ1) is 9.24. The van der Waals surface area contributed by atoms with Gasteiger partial charge in [-0.1, -0.05) is 5.16 Å². The van der Waals surface area contributed by atoms with Gasteiger partial charge >= 0.3 is 5.97 Å². The van der Waals surface area contributed by atoms with Crippen molar-refractivity contribution in [2.75, 3.05) is 6.61 Å². The summed E-state index contributed by atoms with van der Waals surface area (Å²) in [7, 11) is 0. The molecule has 14 heavy (non-hydrogen) atoms. The molecule has 1 aromatic heterocycles. The van der Waals surface area contributed by atoms with E-state index in [0.29, 0.717) is 29.5 Å². The lowest BCUT2D eigenvalue weighted by molar-refractivity contribution is 0.0523. The Hall–Kier alpha value is -1.32. The number of ether oxygens (including phenoxy) is 1. The van der Waals surface area contributed by atoms with Crippen molar-refractivity contribution in [1.82, 2.24) is 5.16 Å². The van der Waals surface area contributed by atoms with Crippen LogP contribution in [0.4, 0.5) is 0 Å². The number of esters is 1. The molecule has 0 radical (unpaired) electrons. The van der Waals surface area contributed by atoms with Crippen molar-refractivity contribution in [3.05, 3.63) is 17.0 Å². The first-order valence-corrected chi connectivity index (χ1v) is 4.87. The number of nitrogens with zero attached hydrogens (tertiary/aromatic N) is 1. The van der Waals surface area contributed by atoms with Crippen molar-refractivity contribution < 1.29 is 14.1 Å². The smallest absolute Gasteiger partial charge is 0.343 e. The fourth-order valence-electron chi connectivity index (χ4n) is 1.46. The number of hydrogen-bond acceptors (Lipinski definition) is 4. The Labute approximate surface area is 82.2 Å². The zero-order valence-electron chi connectivity index (χ0n) is 8.37. The topological polar surface area (TPSA) is 52.3 Å². The van der Waals surface area contributed by atoms with Gasteiger partial charge in [-0.05, 0) is 26.7 Å². The van der Waals surface area contributed by atoms with Crippen LogP contribution < -0.4 is 0 Å². The lowest BCUT2D eigenvalue weighted by atomic mass is 10.1. The molecular weight excluding hydrogens is 182 g/mol. The van der Waals surface area contributed by atoms with Crippen molar-refractivity contribution in [3.63, 3.8) is 0 Å². The number of aromatic nitrogens is 1. The summed E-state index contributed by atoms with van der Waals surface area (Å²) in [5.41, 5.74) is 1.17.